The molecule has 0 aliphatic heterocycles. The maximum absolute atomic E-state index is 13.9. The highest BCUT2D eigenvalue weighted by atomic mass is 32.2. The minimum atomic E-state index is -0.188. The Labute approximate surface area is 133 Å². The predicted octanol–water partition coefficient (Wildman–Crippen LogP) is 3.76. The normalized spacial score (nSPS) is 14.1. The standard InChI is InChI=1S/C16H20FNOS2/c1-11(16(10-19)20-2)18-9-12-5-6-14(17)13(8-12)15-4-3-7-21-15/h3-8,11,16,18-19H,9-10H2,1-2H3. The molecule has 0 aliphatic carbocycles. The van der Waals surface area contributed by atoms with Gasteiger partial charge in [0.05, 0.1) is 6.61 Å². The van der Waals surface area contributed by atoms with Gasteiger partial charge in [0.15, 0.2) is 0 Å². The number of hydrogen-bond acceptors (Lipinski definition) is 4. The van der Waals surface area contributed by atoms with Crippen molar-refractivity contribution >= 4 is 23.1 Å². The molecular formula is C16H20FNOS2. The summed E-state index contributed by atoms with van der Waals surface area (Å²) in [4.78, 5) is 0.944. The van der Waals surface area contributed by atoms with Crippen LogP contribution in [0.4, 0.5) is 4.39 Å². The van der Waals surface area contributed by atoms with Crippen LogP contribution in [0.3, 0.4) is 0 Å². The third-order valence-corrected chi connectivity index (χ3v) is 5.55. The van der Waals surface area contributed by atoms with Gasteiger partial charge in [-0.25, -0.2) is 4.39 Å². The zero-order valence-electron chi connectivity index (χ0n) is 12.2. The molecule has 0 spiro atoms. The molecule has 0 amide bonds. The second kappa shape index (κ2) is 7.94. The fourth-order valence-electron chi connectivity index (χ4n) is 2.15. The van der Waals surface area contributed by atoms with Gasteiger partial charge in [0, 0.05) is 28.3 Å². The van der Waals surface area contributed by atoms with E-state index in [9.17, 15) is 9.50 Å². The quantitative estimate of drug-likeness (QED) is 0.813. The molecule has 0 fully saturated rings. The van der Waals surface area contributed by atoms with E-state index in [-0.39, 0.29) is 23.7 Å². The molecule has 0 saturated carbocycles. The summed E-state index contributed by atoms with van der Waals surface area (Å²) in [7, 11) is 0. The van der Waals surface area contributed by atoms with Crippen LogP contribution in [-0.4, -0.2) is 29.3 Å². The summed E-state index contributed by atoms with van der Waals surface area (Å²) in [6, 6.07) is 9.28. The molecule has 1 aromatic heterocycles. The largest absolute Gasteiger partial charge is 0.395 e. The van der Waals surface area contributed by atoms with E-state index < -0.39 is 0 Å². The van der Waals surface area contributed by atoms with E-state index in [2.05, 4.69) is 12.2 Å². The minimum Gasteiger partial charge on any atom is -0.395 e. The Morgan fingerprint density at radius 3 is 2.81 bits per heavy atom. The van der Waals surface area contributed by atoms with E-state index >= 15 is 0 Å². The molecule has 1 aromatic carbocycles. The van der Waals surface area contributed by atoms with Crippen molar-refractivity contribution in [2.24, 2.45) is 0 Å². The molecule has 114 valence electrons. The van der Waals surface area contributed by atoms with Gasteiger partial charge in [-0.2, -0.15) is 11.8 Å². The van der Waals surface area contributed by atoms with Gasteiger partial charge in [-0.15, -0.1) is 11.3 Å². The molecule has 2 nitrogen and oxygen atoms in total. The highest BCUT2D eigenvalue weighted by Crippen LogP contribution is 2.28. The van der Waals surface area contributed by atoms with Crippen molar-refractivity contribution in [3.05, 3.63) is 47.1 Å². The van der Waals surface area contributed by atoms with Gasteiger partial charge in [-0.05, 0) is 42.3 Å². The van der Waals surface area contributed by atoms with Gasteiger partial charge >= 0.3 is 0 Å². The number of rotatable bonds is 7. The first kappa shape index (κ1) is 16.5. The lowest BCUT2D eigenvalue weighted by Crippen LogP contribution is -2.37. The smallest absolute Gasteiger partial charge is 0.131 e. The van der Waals surface area contributed by atoms with E-state index in [1.807, 2.05) is 29.8 Å². The SMILES string of the molecule is CSC(CO)C(C)NCc1ccc(F)c(-c2cccs2)c1. The summed E-state index contributed by atoms with van der Waals surface area (Å²) < 4.78 is 13.9. The molecule has 5 heteroatoms. The van der Waals surface area contributed by atoms with Crippen LogP contribution in [0.1, 0.15) is 12.5 Å². The van der Waals surface area contributed by atoms with Crippen LogP contribution in [0.25, 0.3) is 10.4 Å². The lowest BCUT2D eigenvalue weighted by atomic mass is 10.1. The average molecular weight is 325 g/mol. The number of aliphatic hydroxyl groups is 1. The van der Waals surface area contributed by atoms with Crippen molar-refractivity contribution < 1.29 is 9.50 Å². The Kier molecular flexibility index (Phi) is 6.23. The van der Waals surface area contributed by atoms with Gasteiger partial charge in [0.2, 0.25) is 0 Å². The van der Waals surface area contributed by atoms with E-state index in [0.717, 1.165) is 10.4 Å². The van der Waals surface area contributed by atoms with Crippen LogP contribution in [0.5, 0.6) is 0 Å². The molecule has 2 unspecified atom stereocenters. The lowest BCUT2D eigenvalue weighted by molar-refractivity contribution is 0.276. The third kappa shape index (κ3) is 4.30. The number of nitrogens with one attached hydrogen (secondary N) is 1. The summed E-state index contributed by atoms with van der Waals surface area (Å²) in [5.74, 6) is -0.188. The molecule has 0 bridgehead atoms. The fourth-order valence-corrected chi connectivity index (χ4v) is 3.55. The van der Waals surface area contributed by atoms with E-state index in [1.165, 1.54) is 17.4 Å². The maximum atomic E-state index is 13.9. The lowest BCUT2D eigenvalue weighted by Gasteiger charge is -2.21. The number of halogens is 1. The fraction of sp³-hybridized carbons (Fsp3) is 0.375. The second-order valence-electron chi connectivity index (χ2n) is 4.92. The second-order valence-corrected chi connectivity index (χ2v) is 6.94. The summed E-state index contributed by atoms with van der Waals surface area (Å²) in [6.45, 7) is 2.87. The van der Waals surface area contributed by atoms with Crippen LogP contribution in [0.15, 0.2) is 35.7 Å². The van der Waals surface area contributed by atoms with E-state index in [4.69, 9.17) is 0 Å². The number of aliphatic hydroxyl groups excluding tert-OH is 1. The van der Waals surface area contributed by atoms with Crippen LogP contribution in [0.2, 0.25) is 0 Å². The van der Waals surface area contributed by atoms with E-state index in [1.54, 1.807) is 17.8 Å². The topological polar surface area (TPSA) is 32.3 Å². The van der Waals surface area contributed by atoms with Crippen LogP contribution < -0.4 is 5.32 Å². The minimum absolute atomic E-state index is 0.152. The van der Waals surface area contributed by atoms with Crippen molar-refractivity contribution in [1.29, 1.82) is 0 Å². The van der Waals surface area contributed by atoms with Gasteiger partial charge in [-0.3, -0.25) is 0 Å². The summed E-state index contributed by atoms with van der Waals surface area (Å²) in [6.07, 6.45) is 1.99. The van der Waals surface area contributed by atoms with Crippen LogP contribution in [-0.2, 0) is 6.54 Å². The number of hydrogen-bond donors (Lipinski definition) is 2. The molecule has 21 heavy (non-hydrogen) atoms. The van der Waals surface area contributed by atoms with Crippen LogP contribution >= 0.6 is 23.1 Å². The zero-order valence-corrected chi connectivity index (χ0v) is 13.8. The Bertz CT molecular complexity index is 555. The van der Waals surface area contributed by atoms with Crippen molar-refractivity contribution in [3.8, 4) is 10.4 Å². The molecule has 2 atom stereocenters. The zero-order chi connectivity index (χ0) is 15.2. The Morgan fingerprint density at radius 1 is 1.38 bits per heavy atom. The van der Waals surface area contributed by atoms with Gasteiger partial charge in [-0.1, -0.05) is 12.1 Å². The highest BCUT2D eigenvalue weighted by Gasteiger charge is 2.15. The van der Waals surface area contributed by atoms with Gasteiger partial charge in [0.25, 0.3) is 0 Å². The Balaban J connectivity index is 2.06. The molecule has 2 rings (SSSR count). The molecule has 1 heterocycles. The first-order valence-corrected chi connectivity index (χ1v) is 9.01. The molecule has 2 aromatic rings. The van der Waals surface area contributed by atoms with Crippen LogP contribution in [0, 0.1) is 5.82 Å². The van der Waals surface area contributed by atoms with Gasteiger partial charge < -0.3 is 10.4 Å². The van der Waals surface area contributed by atoms with E-state index in [0.29, 0.717) is 12.1 Å². The Hall–Kier alpha value is -0.880. The Morgan fingerprint density at radius 2 is 2.19 bits per heavy atom. The van der Waals surface area contributed by atoms with Crippen molar-refractivity contribution in [2.75, 3.05) is 12.9 Å². The number of thioether (sulfide) groups is 1. The first-order chi connectivity index (χ1) is 10.2. The van der Waals surface area contributed by atoms with Gasteiger partial charge in [0.1, 0.15) is 5.82 Å². The highest BCUT2D eigenvalue weighted by molar-refractivity contribution is 7.99. The number of thiophene rings is 1. The average Bonchev–Trinajstić information content (AvgIpc) is 3.01. The summed E-state index contributed by atoms with van der Waals surface area (Å²) >= 11 is 3.18. The molecule has 0 saturated heterocycles. The third-order valence-electron chi connectivity index (χ3n) is 3.49. The van der Waals surface area contributed by atoms with Crippen molar-refractivity contribution in [2.45, 2.75) is 24.8 Å². The molecular weight excluding hydrogens is 305 g/mol. The molecule has 0 radical (unpaired) electrons. The summed E-state index contributed by atoms with van der Waals surface area (Å²) in [5, 5.41) is 14.8. The molecule has 0 aliphatic rings. The predicted molar refractivity (Wildman–Crippen MR) is 90.4 cm³/mol. The van der Waals surface area contributed by atoms with Crippen molar-refractivity contribution in [1.82, 2.24) is 5.32 Å². The monoisotopic (exact) mass is 325 g/mol. The first-order valence-electron chi connectivity index (χ1n) is 6.85. The number of benzene rings is 1. The summed E-state index contributed by atoms with van der Waals surface area (Å²) in [5.41, 5.74) is 1.70. The maximum Gasteiger partial charge on any atom is 0.131 e. The van der Waals surface area contributed by atoms with Crippen molar-refractivity contribution in [3.63, 3.8) is 0 Å². The molecule has 2 N–H and O–H groups in total.